The molecular formula is C43H49N9O5S. The summed E-state index contributed by atoms with van der Waals surface area (Å²) in [6.45, 7) is 11.7. The molecule has 0 spiro atoms. The fraction of sp³-hybridized carbons (Fsp3) is 0.372. The molecule has 4 atom stereocenters. The van der Waals surface area contributed by atoms with Crippen LogP contribution >= 0.6 is 11.3 Å². The van der Waals surface area contributed by atoms with Crippen LogP contribution < -0.4 is 20.9 Å². The van der Waals surface area contributed by atoms with E-state index in [0.717, 1.165) is 27.4 Å². The molecule has 3 aromatic heterocycles. The van der Waals surface area contributed by atoms with Crippen molar-refractivity contribution >= 4 is 40.6 Å². The summed E-state index contributed by atoms with van der Waals surface area (Å²) in [4.78, 5) is 58.0. The standard InChI is InChI=1S/C43H49N9O5S/c1-25(27-10-12-28(13-11-27)38-26(2)46-24-58-38)48-41(56)34-21-30(53)23-52(34)42(57)37(43(3,4)5)36-32(39(44)55)14-15-45-40(36)51-18-16-50(17-19-51)29-20-33(49-47-22-29)31-8-6-7-9-35(31)54/h6-15,20,22,24-25,30,34,37,53-54H,16-19,21,23H2,1-5H3,(H2,44,55)(H,48,56)/t25-,30+,34-,37-/m0/s1. The Hall–Kier alpha value is -5.93. The number of thiazole rings is 1. The summed E-state index contributed by atoms with van der Waals surface area (Å²) in [6, 6.07) is 17.1. The molecule has 2 fully saturated rings. The van der Waals surface area contributed by atoms with E-state index >= 15 is 0 Å². The Kier molecular flexibility index (Phi) is 11.5. The van der Waals surface area contributed by atoms with Crippen LogP contribution in [0.15, 0.2) is 78.6 Å². The van der Waals surface area contributed by atoms with Crippen molar-refractivity contribution in [2.24, 2.45) is 11.1 Å². The average molecular weight is 804 g/mol. The molecule has 302 valence electrons. The highest BCUT2D eigenvalue weighted by Gasteiger charge is 2.47. The second-order valence-electron chi connectivity index (χ2n) is 16.1. The van der Waals surface area contributed by atoms with Crippen LogP contribution in [0.1, 0.15) is 73.3 Å². The first-order valence-electron chi connectivity index (χ1n) is 19.4. The molecule has 0 aliphatic carbocycles. The minimum atomic E-state index is -0.942. The third kappa shape index (κ3) is 8.23. The molecule has 0 radical (unpaired) electrons. The number of aliphatic hydroxyl groups is 1. The predicted molar refractivity (Wildman–Crippen MR) is 223 cm³/mol. The van der Waals surface area contributed by atoms with Crippen LogP contribution in [0, 0.1) is 12.3 Å². The topological polar surface area (TPSA) is 191 Å². The van der Waals surface area contributed by atoms with E-state index in [-0.39, 0.29) is 36.2 Å². The quantitative estimate of drug-likeness (QED) is 0.148. The van der Waals surface area contributed by atoms with E-state index in [1.54, 1.807) is 41.8 Å². The fourth-order valence-corrected chi connectivity index (χ4v) is 8.85. The van der Waals surface area contributed by atoms with Gasteiger partial charge in [-0.3, -0.25) is 14.4 Å². The van der Waals surface area contributed by atoms with Crippen LogP contribution in [0.2, 0.25) is 0 Å². The third-order valence-electron chi connectivity index (χ3n) is 11.0. The maximum atomic E-state index is 15.0. The number of primary amides is 1. The molecule has 0 unspecified atom stereocenters. The number of nitrogens with one attached hydrogen (secondary N) is 1. The number of phenolic OH excluding ortho intramolecular Hbond substituents is 1. The van der Waals surface area contributed by atoms with E-state index in [2.05, 4.69) is 30.3 Å². The van der Waals surface area contributed by atoms with Crippen molar-refractivity contribution in [3.63, 3.8) is 0 Å². The van der Waals surface area contributed by atoms with Crippen molar-refractivity contribution in [1.29, 1.82) is 0 Å². The number of para-hydroxylation sites is 1. The lowest BCUT2D eigenvalue weighted by molar-refractivity contribution is -0.141. The number of nitrogens with zero attached hydrogens (tertiary/aromatic N) is 7. The van der Waals surface area contributed by atoms with Crippen molar-refractivity contribution in [2.45, 2.75) is 65.1 Å². The van der Waals surface area contributed by atoms with Gasteiger partial charge in [-0.25, -0.2) is 9.97 Å². The zero-order chi connectivity index (χ0) is 41.3. The largest absolute Gasteiger partial charge is 0.507 e. The number of aliphatic hydroxyl groups excluding tert-OH is 1. The first-order valence-corrected chi connectivity index (χ1v) is 20.3. The average Bonchev–Trinajstić information content (AvgIpc) is 3.83. The molecule has 2 saturated heterocycles. The Morgan fingerprint density at radius 3 is 2.34 bits per heavy atom. The lowest BCUT2D eigenvalue weighted by Gasteiger charge is -2.40. The van der Waals surface area contributed by atoms with E-state index in [1.807, 2.05) is 76.5 Å². The molecule has 5 aromatic rings. The second kappa shape index (κ2) is 16.5. The van der Waals surface area contributed by atoms with Crippen molar-refractivity contribution in [3.8, 4) is 27.4 Å². The minimum Gasteiger partial charge on any atom is -0.507 e. The maximum Gasteiger partial charge on any atom is 0.249 e. The molecule has 2 aliphatic heterocycles. The number of phenols is 1. The zero-order valence-electron chi connectivity index (χ0n) is 33.3. The number of likely N-dealkylation sites (tertiary alicyclic amines) is 1. The summed E-state index contributed by atoms with van der Waals surface area (Å²) < 4.78 is 0. The number of amides is 3. The second-order valence-corrected chi connectivity index (χ2v) is 16.9. The number of carbonyl (C=O) groups excluding carboxylic acids is 3. The van der Waals surface area contributed by atoms with Crippen LogP contribution in [0.3, 0.4) is 0 Å². The van der Waals surface area contributed by atoms with Gasteiger partial charge in [-0.05, 0) is 54.7 Å². The molecular weight excluding hydrogens is 755 g/mol. The highest BCUT2D eigenvalue weighted by atomic mass is 32.1. The Balaban J connectivity index is 1.12. The van der Waals surface area contributed by atoms with Gasteiger partial charge in [0, 0.05) is 62.0 Å². The summed E-state index contributed by atoms with van der Waals surface area (Å²) in [5, 5.41) is 32.9. The number of β-amino-alcohol motifs (C(OH)–C–C–N with tert-alkyl or cyclic N) is 1. The lowest BCUT2D eigenvalue weighted by atomic mass is 9.73. The van der Waals surface area contributed by atoms with Gasteiger partial charge in [0.2, 0.25) is 17.7 Å². The fourth-order valence-electron chi connectivity index (χ4n) is 8.04. The minimum absolute atomic E-state index is 0.0380. The van der Waals surface area contributed by atoms with Crippen molar-refractivity contribution < 1.29 is 24.6 Å². The van der Waals surface area contributed by atoms with Gasteiger partial charge in [0.1, 0.15) is 17.6 Å². The van der Waals surface area contributed by atoms with Gasteiger partial charge < -0.3 is 36.0 Å². The van der Waals surface area contributed by atoms with Crippen LogP contribution in [0.5, 0.6) is 5.75 Å². The number of rotatable bonds is 10. The molecule has 3 amide bonds. The van der Waals surface area contributed by atoms with Gasteiger partial charge in [-0.2, -0.15) is 10.2 Å². The van der Waals surface area contributed by atoms with E-state index < -0.39 is 35.3 Å². The monoisotopic (exact) mass is 803 g/mol. The number of hydrogen-bond acceptors (Lipinski definition) is 12. The summed E-state index contributed by atoms with van der Waals surface area (Å²) in [5.41, 5.74) is 12.5. The van der Waals surface area contributed by atoms with E-state index in [4.69, 9.17) is 10.7 Å². The summed E-state index contributed by atoms with van der Waals surface area (Å²) in [6.07, 6.45) is 2.38. The van der Waals surface area contributed by atoms with Gasteiger partial charge in [-0.15, -0.1) is 11.3 Å². The Labute approximate surface area is 341 Å². The SMILES string of the molecule is Cc1ncsc1-c1ccc([C@H](C)NC(=O)[C@@H]2C[C@@H](O)CN2C(=O)[C@H](c2c(C(N)=O)ccnc2N2CCN(c3cnnc(-c4ccccc4O)c3)CC2)C(C)(C)C)cc1. The number of pyridine rings is 1. The van der Waals surface area contributed by atoms with Gasteiger partial charge in [0.25, 0.3) is 0 Å². The third-order valence-corrected chi connectivity index (χ3v) is 12.0. The highest BCUT2D eigenvalue weighted by Crippen LogP contribution is 2.44. The number of anilines is 2. The molecule has 15 heteroatoms. The molecule has 7 rings (SSSR count). The molecule has 2 aromatic carbocycles. The lowest BCUT2D eigenvalue weighted by Crippen LogP contribution is -2.50. The Bertz CT molecular complexity index is 2300. The van der Waals surface area contributed by atoms with Gasteiger partial charge in [0.05, 0.1) is 51.7 Å². The number of nitrogens with two attached hydrogens (primary N) is 1. The normalized spacial score (nSPS) is 18.2. The summed E-state index contributed by atoms with van der Waals surface area (Å²) in [7, 11) is 0. The number of piperazine rings is 1. The smallest absolute Gasteiger partial charge is 0.249 e. The van der Waals surface area contributed by atoms with E-state index in [1.165, 1.54) is 11.1 Å². The number of hydrogen-bond donors (Lipinski definition) is 4. The van der Waals surface area contributed by atoms with Crippen molar-refractivity contribution in [2.75, 3.05) is 42.5 Å². The van der Waals surface area contributed by atoms with Gasteiger partial charge in [0.15, 0.2) is 0 Å². The Morgan fingerprint density at radius 1 is 0.983 bits per heavy atom. The Morgan fingerprint density at radius 2 is 1.69 bits per heavy atom. The van der Waals surface area contributed by atoms with Crippen molar-refractivity contribution in [1.82, 2.24) is 30.4 Å². The zero-order valence-corrected chi connectivity index (χ0v) is 34.1. The van der Waals surface area contributed by atoms with Crippen LogP contribution in [-0.2, 0) is 9.59 Å². The summed E-state index contributed by atoms with van der Waals surface area (Å²) >= 11 is 1.57. The number of carbonyl (C=O) groups is 3. The van der Waals surface area contributed by atoms with Crippen LogP contribution in [0.4, 0.5) is 11.5 Å². The molecule has 5 heterocycles. The molecule has 2 aliphatic rings. The van der Waals surface area contributed by atoms with Gasteiger partial charge >= 0.3 is 0 Å². The number of aryl methyl sites for hydroxylation is 1. The van der Waals surface area contributed by atoms with Gasteiger partial charge in [-0.1, -0.05) is 57.2 Å². The number of aromatic hydroxyl groups is 1. The molecule has 0 bridgehead atoms. The highest BCUT2D eigenvalue weighted by molar-refractivity contribution is 7.13. The number of aromatic nitrogens is 4. The predicted octanol–water partition coefficient (Wildman–Crippen LogP) is 5.07. The number of benzene rings is 2. The summed E-state index contributed by atoms with van der Waals surface area (Å²) in [5.74, 6) is -1.82. The van der Waals surface area contributed by atoms with Crippen LogP contribution in [-0.4, -0.2) is 97.9 Å². The first kappa shape index (κ1) is 40.3. The van der Waals surface area contributed by atoms with E-state index in [9.17, 15) is 24.6 Å². The van der Waals surface area contributed by atoms with Crippen LogP contribution in [0.25, 0.3) is 21.7 Å². The molecule has 0 saturated carbocycles. The molecule has 14 nitrogen and oxygen atoms in total. The van der Waals surface area contributed by atoms with E-state index in [0.29, 0.717) is 48.8 Å². The van der Waals surface area contributed by atoms with Crippen molar-refractivity contribution in [3.05, 3.63) is 101 Å². The maximum absolute atomic E-state index is 15.0. The molecule has 58 heavy (non-hydrogen) atoms. The first-order chi connectivity index (χ1) is 27.7. The molecule has 5 N–H and O–H groups in total.